The molecule has 0 N–H and O–H groups in total. The fourth-order valence-electron chi connectivity index (χ4n) is 4.83. The summed E-state index contributed by atoms with van der Waals surface area (Å²) >= 11 is 6.51. The second kappa shape index (κ2) is 9.36. The van der Waals surface area contributed by atoms with Gasteiger partial charge in [0.05, 0.1) is 11.9 Å². The number of pyridine rings is 3. The van der Waals surface area contributed by atoms with Crippen molar-refractivity contribution in [1.29, 1.82) is 0 Å². The molecule has 11 heteroatoms. The molecular formula is C27H21ClF3N3O3S. The van der Waals surface area contributed by atoms with Crippen LogP contribution in [-0.2, 0) is 9.84 Å². The number of benzene rings is 1. The van der Waals surface area contributed by atoms with Crippen LogP contribution in [0.3, 0.4) is 0 Å². The highest BCUT2D eigenvalue weighted by molar-refractivity contribution is 7.90. The lowest BCUT2D eigenvalue weighted by atomic mass is 10.0. The van der Waals surface area contributed by atoms with Crippen molar-refractivity contribution in [2.75, 3.05) is 6.26 Å². The summed E-state index contributed by atoms with van der Waals surface area (Å²) < 4.78 is 69.8. The van der Waals surface area contributed by atoms with E-state index in [-0.39, 0.29) is 33.7 Å². The molecule has 1 aliphatic carbocycles. The predicted molar refractivity (Wildman–Crippen MR) is 137 cm³/mol. The van der Waals surface area contributed by atoms with E-state index in [0.717, 1.165) is 23.1 Å². The molecule has 2 atom stereocenters. The van der Waals surface area contributed by atoms with Gasteiger partial charge in [-0.15, -0.1) is 0 Å². The summed E-state index contributed by atoms with van der Waals surface area (Å²) in [5.41, 5.74) is 0.291. The van der Waals surface area contributed by atoms with Crippen LogP contribution in [0.15, 0.2) is 58.6 Å². The van der Waals surface area contributed by atoms with Gasteiger partial charge < -0.3 is 0 Å². The van der Waals surface area contributed by atoms with Crippen molar-refractivity contribution < 1.29 is 21.6 Å². The highest BCUT2D eigenvalue weighted by atomic mass is 35.5. The van der Waals surface area contributed by atoms with Crippen LogP contribution in [0.25, 0.3) is 16.9 Å². The molecule has 3 aromatic heterocycles. The van der Waals surface area contributed by atoms with Crippen LogP contribution in [0.5, 0.6) is 0 Å². The molecule has 0 saturated heterocycles. The molecular weight excluding hydrogens is 539 g/mol. The van der Waals surface area contributed by atoms with Crippen molar-refractivity contribution in [1.82, 2.24) is 14.5 Å². The molecule has 3 heterocycles. The summed E-state index contributed by atoms with van der Waals surface area (Å²) in [6.07, 6.45) is 5.47. The minimum absolute atomic E-state index is 0.0542. The van der Waals surface area contributed by atoms with Crippen molar-refractivity contribution in [2.24, 2.45) is 0 Å². The van der Waals surface area contributed by atoms with Crippen LogP contribution in [0, 0.1) is 31.3 Å². The Bertz CT molecular complexity index is 1790. The molecule has 0 spiro atoms. The van der Waals surface area contributed by atoms with Crippen molar-refractivity contribution in [2.45, 2.75) is 37.0 Å². The van der Waals surface area contributed by atoms with Gasteiger partial charge in [0, 0.05) is 29.9 Å². The zero-order valence-electron chi connectivity index (χ0n) is 20.5. The molecule has 0 bridgehead atoms. The Morgan fingerprint density at radius 3 is 2.45 bits per heavy atom. The number of rotatable bonds is 5. The molecule has 4 aromatic rings. The fraction of sp³-hybridized carbons (Fsp3) is 0.222. The molecule has 6 nitrogen and oxygen atoms in total. The standard InChI is InChI=1S/C27H21ClF3N3O3S/c1-13-10-33-25(17-5-4-6-21(23(17)30)38(3,36)37)24(31)26(13)34-14(2)7-20(22(28)27(34)35)19-9-18(19)15-8-16(29)12-32-11-15/h4-8,10-12,18-19H,9H2,1-3H3/t18?,19-/m1/s1. The van der Waals surface area contributed by atoms with Gasteiger partial charge in [0.15, 0.2) is 21.5 Å². The molecule has 0 aliphatic heterocycles. The Kier molecular flexibility index (Phi) is 6.43. The number of hydrogen-bond acceptors (Lipinski definition) is 5. The third-order valence-electron chi connectivity index (χ3n) is 6.72. The maximum atomic E-state index is 16.0. The summed E-state index contributed by atoms with van der Waals surface area (Å²) in [7, 11) is -3.92. The Morgan fingerprint density at radius 2 is 1.76 bits per heavy atom. The van der Waals surface area contributed by atoms with E-state index in [4.69, 9.17) is 11.6 Å². The number of aryl methyl sites for hydroxylation is 2. The highest BCUT2D eigenvalue weighted by Gasteiger charge is 2.42. The van der Waals surface area contributed by atoms with Crippen LogP contribution >= 0.6 is 11.6 Å². The Labute approximate surface area is 221 Å². The first-order valence-electron chi connectivity index (χ1n) is 11.6. The van der Waals surface area contributed by atoms with E-state index in [0.29, 0.717) is 23.2 Å². The minimum atomic E-state index is -3.92. The zero-order chi connectivity index (χ0) is 27.5. The summed E-state index contributed by atoms with van der Waals surface area (Å²) in [6, 6.07) is 6.67. The van der Waals surface area contributed by atoms with Crippen LogP contribution in [0.1, 0.15) is 40.6 Å². The van der Waals surface area contributed by atoms with Gasteiger partial charge in [-0.2, -0.15) is 0 Å². The topological polar surface area (TPSA) is 81.9 Å². The summed E-state index contributed by atoms with van der Waals surface area (Å²) in [4.78, 5) is 20.8. The third-order valence-corrected chi connectivity index (χ3v) is 8.22. The lowest BCUT2D eigenvalue weighted by Crippen LogP contribution is -2.24. The molecule has 0 radical (unpaired) electrons. The first kappa shape index (κ1) is 26.1. The van der Waals surface area contributed by atoms with Crippen molar-refractivity contribution in [3.63, 3.8) is 0 Å². The largest absolute Gasteiger partial charge is 0.277 e. The van der Waals surface area contributed by atoms with E-state index >= 15 is 8.78 Å². The number of sulfone groups is 1. The molecule has 1 fully saturated rings. The average Bonchev–Trinajstić information content (AvgIpc) is 3.64. The number of halogens is 4. The van der Waals surface area contributed by atoms with Crippen molar-refractivity contribution >= 4 is 21.4 Å². The van der Waals surface area contributed by atoms with E-state index < -0.39 is 43.4 Å². The predicted octanol–water partition coefficient (Wildman–Crippen LogP) is 5.66. The minimum Gasteiger partial charge on any atom is -0.277 e. The zero-order valence-corrected chi connectivity index (χ0v) is 22.0. The average molecular weight is 560 g/mol. The Hall–Kier alpha value is -3.50. The smallest absolute Gasteiger partial charge is 0.274 e. The van der Waals surface area contributed by atoms with E-state index in [1.807, 2.05) is 0 Å². The number of aromatic nitrogens is 3. The van der Waals surface area contributed by atoms with E-state index in [1.165, 1.54) is 24.4 Å². The summed E-state index contributed by atoms with van der Waals surface area (Å²) in [6.45, 7) is 3.16. The molecule has 1 saturated carbocycles. The number of nitrogens with zero attached hydrogens (tertiary/aromatic N) is 3. The molecule has 38 heavy (non-hydrogen) atoms. The van der Waals surface area contributed by atoms with Crippen LogP contribution in [0.2, 0.25) is 5.02 Å². The second-order valence-electron chi connectivity index (χ2n) is 9.42. The first-order chi connectivity index (χ1) is 17.9. The highest BCUT2D eigenvalue weighted by Crippen LogP contribution is 2.55. The number of hydrogen-bond donors (Lipinski definition) is 0. The summed E-state index contributed by atoms with van der Waals surface area (Å²) in [5.74, 6) is -2.77. The molecule has 196 valence electrons. The maximum absolute atomic E-state index is 16.0. The maximum Gasteiger partial charge on any atom is 0.274 e. The molecule has 1 unspecified atom stereocenters. The van der Waals surface area contributed by atoms with E-state index in [1.54, 1.807) is 26.1 Å². The van der Waals surface area contributed by atoms with Crippen LogP contribution < -0.4 is 5.56 Å². The van der Waals surface area contributed by atoms with Crippen LogP contribution in [0.4, 0.5) is 13.2 Å². The monoisotopic (exact) mass is 559 g/mol. The van der Waals surface area contributed by atoms with Crippen LogP contribution in [-0.4, -0.2) is 29.2 Å². The molecule has 0 amide bonds. The van der Waals surface area contributed by atoms with Gasteiger partial charge in [-0.05, 0) is 73.1 Å². The van der Waals surface area contributed by atoms with E-state index in [2.05, 4.69) is 9.97 Å². The molecule has 1 aliphatic rings. The first-order valence-corrected chi connectivity index (χ1v) is 13.8. The quantitative estimate of drug-likeness (QED) is 0.315. The molecule has 1 aromatic carbocycles. The third kappa shape index (κ3) is 4.41. The van der Waals surface area contributed by atoms with Crippen molar-refractivity contribution in [3.8, 4) is 16.9 Å². The fourth-order valence-corrected chi connectivity index (χ4v) is 5.87. The van der Waals surface area contributed by atoms with Gasteiger partial charge in [0.1, 0.15) is 21.4 Å². The van der Waals surface area contributed by atoms with E-state index in [9.17, 15) is 17.6 Å². The van der Waals surface area contributed by atoms with Gasteiger partial charge in [-0.3, -0.25) is 19.3 Å². The lowest BCUT2D eigenvalue weighted by Gasteiger charge is -2.18. The Balaban J connectivity index is 1.62. The summed E-state index contributed by atoms with van der Waals surface area (Å²) in [5, 5.41) is -0.102. The van der Waals surface area contributed by atoms with Gasteiger partial charge in [0.25, 0.3) is 5.56 Å². The SMILES string of the molecule is Cc1cnc(-c2cccc(S(C)(=O)=O)c2F)c(F)c1-n1c(C)cc([C@@H]2CC2c2cncc(F)c2)c(Cl)c1=O. The van der Waals surface area contributed by atoms with Gasteiger partial charge in [-0.25, -0.2) is 21.6 Å². The second-order valence-corrected chi connectivity index (χ2v) is 11.8. The van der Waals surface area contributed by atoms with Gasteiger partial charge >= 0.3 is 0 Å². The van der Waals surface area contributed by atoms with Gasteiger partial charge in [0.2, 0.25) is 0 Å². The van der Waals surface area contributed by atoms with Crippen molar-refractivity contribution in [3.05, 3.63) is 104 Å². The Morgan fingerprint density at radius 1 is 1.03 bits per heavy atom. The molecule has 5 rings (SSSR count). The normalized spacial score (nSPS) is 17.0. The van der Waals surface area contributed by atoms with Gasteiger partial charge in [-0.1, -0.05) is 17.7 Å². The lowest BCUT2D eigenvalue weighted by molar-refractivity contribution is 0.569.